The molecule has 3 heterocycles. The number of carbonyl (C=O) groups is 1. The summed E-state index contributed by atoms with van der Waals surface area (Å²) in [6.07, 6.45) is 5.93. The minimum atomic E-state index is -0.615. The highest BCUT2D eigenvalue weighted by Gasteiger charge is 2.40. The Kier molecular flexibility index (Phi) is 5.68. The first-order chi connectivity index (χ1) is 15.4. The van der Waals surface area contributed by atoms with Gasteiger partial charge in [0.25, 0.3) is 0 Å². The molecule has 10 heteroatoms. The minimum Gasteiger partial charge on any atom is -0.410 e. The van der Waals surface area contributed by atoms with Crippen LogP contribution < -0.4 is 10.1 Å². The first-order valence-electron chi connectivity index (χ1n) is 10.3. The van der Waals surface area contributed by atoms with Gasteiger partial charge in [0, 0.05) is 41.6 Å². The third-order valence-electron chi connectivity index (χ3n) is 5.61. The zero-order valence-corrected chi connectivity index (χ0v) is 18.1. The monoisotopic (exact) mass is 428 g/mol. The summed E-state index contributed by atoms with van der Waals surface area (Å²) in [5, 5.41) is 27.3. The Balaban J connectivity index is 1.73. The predicted octanol–water partition coefficient (Wildman–Crippen LogP) is 2.42. The number of aromatic nitrogens is 4. The first kappa shape index (κ1) is 21.5. The fraction of sp³-hybridized carbons (Fsp3) is 0.318. The van der Waals surface area contributed by atoms with Crippen molar-refractivity contribution in [2.24, 2.45) is 0 Å². The van der Waals surface area contributed by atoms with Gasteiger partial charge in [-0.1, -0.05) is 6.92 Å². The number of nitriles is 1. The molecule has 0 fully saturated rings. The highest BCUT2D eigenvalue weighted by molar-refractivity contribution is 6.70. The van der Waals surface area contributed by atoms with Gasteiger partial charge in [0.15, 0.2) is 0 Å². The lowest BCUT2D eigenvalue weighted by Crippen LogP contribution is -2.36. The van der Waals surface area contributed by atoms with Crippen molar-refractivity contribution in [3.05, 3.63) is 47.9 Å². The van der Waals surface area contributed by atoms with E-state index in [1.165, 1.54) is 7.41 Å². The van der Waals surface area contributed by atoms with Crippen LogP contribution in [0.25, 0.3) is 11.3 Å². The van der Waals surface area contributed by atoms with Gasteiger partial charge in [-0.05, 0) is 37.6 Å². The molecule has 2 N–H and O–H groups in total. The van der Waals surface area contributed by atoms with Crippen molar-refractivity contribution in [3.63, 3.8) is 0 Å². The average molecular weight is 428 g/mol. The largest absolute Gasteiger partial charge is 0.410 e. The highest BCUT2D eigenvalue weighted by Crippen LogP contribution is 2.44. The molecular formula is C22H23BN7O2. The van der Waals surface area contributed by atoms with Crippen LogP contribution in [0.4, 0.5) is 17.3 Å². The number of anilines is 3. The van der Waals surface area contributed by atoms with Crippen molar-refractivity contribution in [1.82, 2.24) is 19.7 Å². The Hall–Kier alpha value is -3.71. The molecule has 0 saturated heterocycles. The number of carbonyl (C=O) groups excluding carboxylic acids is 1. The maximum absolute atomic E-state index is 11.1. The van der Waals surface area contributed by atoms with Gasteiger partial charge >= 0.3 is 7.41 Å². The Labute approximate surface area is 187 Å². The fourth-order valence-corrected chi connectivity index (χ4v) is 3.91. The molecule has 161 valence electrons. The third-order valence-corrected chi connectivity index (χ3v) is 5.61. The van der Waals surface area contributed by atoms with E-state index in [2.05, 4.69) is 26.5 Å². The number of hydrogen-bond acceptors (Lipinski definition) is 8. The summed E-state index contributed by atoms with van der Waals surface area (Å²) in [5.41, 5.74) is 3.39. The van der Waals surface area contributed by atoms with E-state index in [0.717, 1.165) is 16.8 Å². The van der Waals surface area contributed by atoms with Crippen LogP contribution in [0.3, 0.4) is 0 Å². The Morgan fingerprint density at radius 1 is 1.44 bits per heavy atom. The van der Waals surface area contributed by atoms with E-state index >= 15 is 0 Å². The molecule has 1 atom stereocenters. The zero-order chi connectivity index (χ0) is 22.9. The van der Waals surface area contributed by atoms with E-state index in [1.807, 2.05) is 37.7 Å². The smallest absolute Gasteiger partial charge is 0.329 e. The van der Waals surface area contributed by atoms with Crippen molar-refractivity contribution in [1.29, 1.82) is 5.26 Å². The number of nitrogens with zero attached hydrogens (tertiary/aromatic N) is 6. The predicted molar refractivity (Wildman–Crippen MR) is 122 cm³/mol. The van der Waals surface area contributed by atoms with E-state index in [-0.39, 0.29) is 12.6 Å². The van der Waals surface area contributed by atoms with Gasteiger partial charge in [-0.2, -0.15) is 10.4 Å². The third kappa shape index (κ3) is 3.83. The molecule has 2 aromatic heterocycles. The number of hydrogen-bond donors (Lipinski definition) is 2. The second-order valence-electron chi connectivity index (χ2n) is 8.36. The molecular weight excluding hydrogens is 405 g/mol. The number of aliphatic hydroxyl groups is 1. The molecule has 1 radical (unpaired) electrons. The van der Waals surface area contributed by atoms with Gasteiger partial charge in [0.2, 0.25) is 5.95 Å². The second-order valence-corrected chi connectivity index (χ2v) is 8.36. The molecule has 0 aliphatic carbocycles. The number of benzene rings is 1. The quantitative estimate of drug-likeness (QED) is 0.435. The van der Waals surface area contributed by atoms with Crippen LogP contribution in [0, 0.1) is 11.3 Å². The molecule has 1 aliphatic rings. The normalized spacial score (nSPS) is 17.2. The zero-order valence-electron chi connectivity index (χ0n) is 18.1. The maximum Gasteiger partial charge on any atom is 0.329 e. The summed E-state index contributed by atoms with van der Waals surface area (Å²) < 4.78 is 1.84. The second kappa shape index (κ2) is 8.44. The lowest BCUT2D eigenvalue weighted by atomic mass is 9.83. The lowest BCUT2D eigenvalue weighted by molar-refractivity contribution is 0.217. The van der Waals surface area contributed by atoms with Crippen molar-refractivity contribution in [2.75, 3.05) is 23.3 Å². The van der Waals surface area contributed by atoms with E-state index in [0.29, 0.717) is 35.6 Å². The molecule has 0 amide bonds. The first-order valence-corrected chi connectivity index (χ1v) is 10.3. The molecule has 0 bridgehead atoms. The summed E-state index contributed by atoms with van der Waals surface area (Å²) in [4.78, 5) is 21.7. The van der Waals surface area contributed by atoms with Crippen molar-refractivity contribution in [2.45, 2.75) is 32.2 Å². The summed E-state index contributed by atoms with van der Waals surface area (Å²) in [6, 6.07) is 7.91. The molecule has 9 nitrogen and oxygen atoms in total. The SMILES string of the molecule is CC(C)n1cc(Nc2nccc(-c3cc(C#N)c4c(c3)C(C)(CO)CN4[B]C=O)n2)cn1. The van der Waals surface area contributed by atoms with Crippen LogP contribution in [0.2, 0.25) is 0 Å². The average Bonchev–Trinajstić information content (AvgIpc) is 3.37. The Bertz CT molecular complexity index is 1200. The van der Waals surface area contributed by atoms with Crippen molar-refractivity contribution in [3.8, 4) is 17.3 Å². The molecule has 4 rings (SSSR count). The van der Waals surface area contributed by atoms with Gasteiger partial charge in [0.05, 0.1) is 29.7 Å². The number of rotatable bonds is 7. The molecule has 3 aromatic rings. The maximum atomic E-state index is 11.1. The van der Waals surface area contributed by atoms with Crippen LogP contribution in [0.5, 0.6) is 0 Å². The number of nitrogens with one attached hydrogen (secondary N) is 1. The summed E-state index contributed by atoms with van der Waals surface area (Å²) in [5.74, 6) is 0.408. The number of fused-ring (bicyclic) bond motifs is 1. The van der Waals surface area contributed by atoms with Crippen LogP contribution in [-0.4, -0.2) is 51.6 Å². The van der Waals surface area contributed by atoms with Crippen LogP contribution in [-0.2, 0) is 10.2 Å². The summed E-state index contributed by atoms with van der Waals surface area (Å²) >= 11 is 0. The van der Waals surface area contributed by atoms with E-state index in [1.54, 1.807) is 29.3 Å². The molecule has 1 aliphatic heterocycles. The molecule has 0 saturated carbocycles. The Morgan fingerprint density at radius 2 is 2.25 bits per heavy atom. The van der Waals surface area contributed by atoms with Gasteiger partial charge < -0.3 is 20.0 Å². The van der Waals surface area contributed by atoms with Crippen LogP contribution >= 0.6 is 0 Å². The van der Waals surface area contributed by atoms with E-state index in [4.69, 9.17) is 0 Å². The van der Waals surface area contributed by atoms with Crippen molar-refractivity contribution < 1.29 is 9.90 Å². The van der Waals surface area contributed by atoms with Crippen LogP contribution in [0.15, 0.2) is 36.8 Å². The molecule has 32 heavy (non-hydrogen) atoms. The summed E-state index contributed by atoms with van der Waals surface area (Å²) in [6.45, 7) is 6.29. The standard InChI is InChI=1S/C22H23BN7O2/c1-14(2)30-10-17(9-26-30)27-21-25-5-4-19(28-21)15-6-16(8-24)20-18(7-15)22(3,12-31)11-29(20)23-13-32/h4-7,9-10,13-14,31H,11-12H2,1-3H3,(H,25,27,28). The van der Waals surface area contributed by atoms with E-state index < -0.39 is 5.41 Å². The molecule has 1 aromatic carbocycles. The summed E-state index contributed by atoms with van der Waals surface area (Å²) in [7, 11) is 1.39. The van der Waals surface area contributed by atoms with Crippen LogP contribution in [0.1, 0.15) is 37.9 Å². The van der Waals surface area contributed by atoms with Gasteiger partial charge in [-0.15, -0.1) is 0 Å². The fourth-order valence-electron chi connectivity index (χ4n) is 3.91. The highest BCUT2D eigenvalue weighted by atomic mass is 16.3. The lowest BCUT2D eigenvalue weighted by Gasteiger charge is -2.23. The topological polar surface area (TPSA) is 120 Å². The molecule has 0 spiro atoms. The van der Waals surface area contributed by atoms with Gasteiger partial charge in [-0.3, -0.25) is 4.68 Å². The Morgan fingerprint density at radius 3 is 2.91 bits per heavy atom. The van der Waals surface area contributed by atoms with E-state index in [9.17, 15) is 15.2 Å². The van der Waals surface area contributed by atoms with Gasteiger partial charge in [-0.25, -0.2) is 9.97 Å². The number of aliphatic hydroxyl groups excluding tert-OH is 1. The molecule has 1 unspecified atom stereocenters. The van der Waals surface area contributed by atoms with Crippen molar-refractivity contribution >= 4 is 30.9 Å². The minimum absolute atomic E-state index is 0.117. The van der Waals surface area contributed by atoms with Gasteiger partial charge in [0.1, 0.15) is 12.3 Å².